The Kier molecular flexibility index (Phi) is 3.78. The van der Waals surface area contributed by atoms with Crippen molar-refractivity contribution >= 4 is 0 Å². The van der Waals surface area contributed by atoms with E-state index in [1.807, 2.05) is 0 Å². The molecule has 24 heavy (non-hydrogen) atoms. The Hall–Kier alpha value is 0. The monoisotopic (exact) mass is 332 g/mol. The molecule has 0 aliphatic heterocycles. The van der Waals surface area contributed by atoms with Gasteiger partial charge >= 0.3 is 0 Å². The number of fused-ring (bicyclic) bond motifs is 3. The molecule has 0 amide bonds. The summed E-state index contributed by atoms with van der Waals surface area (Å²) in [6.07, 6.45) is 0. The minimum atomic E-state index is 0.387. The smallest absolute Gasteiger partial charge is 0.0199 e. The van der Waals surface area contributed by atoms with Gasteiger partial charge in [0.1, 0.15) is 0 Å². The normalized spacial score (nSPS) is 58.1. The third kappa shape index (κ3) is 1.59. The highest BCUT2D eigenvalue weighted by atomic mass is 14.8. The Morgan fingerprint density at radius 3 is 1.67 bits per heavy atom. The van der Waals surface area contributed by atoms with E-state index in [4.69, 9.17) is 0 Å². The Morgan fingerprint density at radius 2 is 1.21 bits per heavy atom. The van der Waals surface area contributed by atoms with Gasteiger partial charge in [-0.15, -0.1) is 0 Å². The van der Waals surface area contributed by atoms with Crippen molar-refractivity contribution in [2.24, 2.45) is 69.0 Å². The second-order valence-electron chi connectivity index (χ2n) is 12.0. The fraction of sp³-hybridized carbons (Fsp3) is 1.00. The Bertz CT molecular complexity index is 526. The van der Waals surface area contributed by atoms with Crippen molar-refractivity contribution in [1.29, 1.82) is 0 Å². The molecular formula is C24H44. The Labute approximate surface area is 152 Å². The van der Waals surface area contributed by atoms with Crippen LogP contribution in [0.5, 0.6) is 0 Å². The van der Waals surface area contributed by atoms with Crippen molar-refractivity contribution in [3.8, 4) is 0 Å². The fourth-order valence-electron chi connectivity index (χ4n) is 9.10. The van der Waals surface area contributed by atoms with Gasteiger partial charge in [-0.3, -0.25) is 0 Å². The van der Waals surface area contributed by atoms with E-state index in [1.165, 1.54) is 0 Å². The standard InChI is InChI=1S/C24H44/c1-13(2)23(11)16(5)14(3)18-15(4)19-17(6)21(7,8)22(9,10)24(19,12)20(18)23/h13-20H,1-12H3. The molecular weight excluding hydrogens is 288 g/mol. The molecule has 3 saturated carbocycles. The van der Waals surface area contributed by atoms with E-state index in [0.717, 1.165) is 47.3 Å². The molecule has 0 saturated heterocycles. The zero-order valence-electron chi connectivity index (χ0n) is 18.6. The lowest BCUT2D eigenvalue weighted by atomic mass is 9.49. The maximum Gasteiger partial charge on any atom is -0.0199 e. The summed E-state index contributed by atoms with van der Waals surface area (Å²) < 4.78 is 0. The van der Waals surface area contributed by atoms with Crippen molar-refractivity contribution in [3.63, 3.8) is 0 Å². The molecule has 0 N–H and O–H groups in total. The van der Waals surface area contributed by atoms with Gasteiger partial charge in [0.15, 0.2) is 0 Å². The first-order valence-corrected chi connectivity index (χ1v) is 10.7. The van der Waals surface area contributed by atoms with Gasteiger partial charge in [-0.1, -0.05) is 83.1 Å². The maximum absolute atomic E-state index is 2.72. The van der Waals surface area contributed by atoms with Crippen LogP contribution in [-0.4, -0.2) is 0 Å². The lowest BCUT2D eigenvalue weighted by molar-refractivity contribution is -0.0753. The average Bonchev–Trinajstić information content (AvgIpc) is 2.87. The van der Waals surface area contributed by atoms with Crippen LogP contribution in [0.2, 0.25) is 0 Å². The van der Waals surface area contributed by atoms with Gasteiger partial charge in [0, 0.05) is 0 Å². The summed E-state index contributed by atoms with van der Waals surface area (Å²) in [5.41, 5.74) is 1.73. The molecule has 0 heterocycles. The lowest BCUT2D eigenvalue weighted by Gasteiger charge is -2.55. The molecule has 9 atom stereocenters. The number of hydrogen-bond acceptors (Lipinski definition) is 0. The minimum Gasteiger partial charge on any atom is -0.0622 e. The molecule has 3 fully saturated rings. The quantitative estimate of drug-likeness (QED) is 0.478. The largest absolute Gasteiger partial charge is 0.0622 e. The van der Waals surface area contributed by atoms with E-state index in [2.05, 4.69) is 83.1 Å². The highest BCUT2D eigenvalue weighted by molar-refractivity contribution is 5.25. The van der Waals surface area contributed by atoms with Crippen molar-refractivity contribution in [2.45, 2.75) is 83.1 Å². The van der Waals surface area contributed by atoms with E-state index in [9.17, 15) is 0 Å². The second kappa shape index (κ2) is 4.83. The van der Waals surface area contributed by atoms with E-state index in [1.54, 1.807) is 0 Å². The van der Waals surface area contributed by atoms with Crippen molar-refractivity contribution < 1.29 is 0 Å². The van der Waals surface area contributed by atoms with Gasteiger partial charge < -0.3 is 0 Å². The van der Waals surface area contributed by atoms with Crippen molar-refractivity contribution in [1.82, 2.24) is 0 Å². The van der Waals surface area contributed by atoms with Crippen LogP contribution in [0.4, 0.5) is 0 Å². The summed E-state index contributed by atoms with van der Waals surface area (Å²) in [7, 11) is 0. The molecule has 0 nitrogen and oxygen atoms in total. The van der Waals surface area contributed by atoms with Crippen LogP contribution in [0, 0.1) is 69.0 Å². The highest BCUT2D eigenvalue weighted by Gasteiger charge is 2.78. The molecule has 0 aromatic rings. The van der Waals surface area contributed by atoms with Crippen LogP contribution in [0.15, 0.2) is 0 Å². The molecule has 0 bridgehead atoms. The van der Waals surface area contributed by atoms with Crippen LogP contribution in [0.3, 0.4) is 0 Å². The SMILES string of the molecule is CC1C2C(C)C3C(C)C(C)(C)C(C)(C)C3(C)C2C(C)(C(C)C)C1C. The van der Waals surface area contributed by atoms with Crippen LogP contribution in [-0.2, 0) is 0 Å². The molecule has 3 aliphatic rings. The average molecular weight is 333 g/mol. The minimum absolute atomic E-state index is 0.387. The first-order valence-electron chi connectivity index (χ1n) is 10.7. The first kappa shape index (κ1) is 18.8. The molecule has 0 spiro atoms. The third-order valence-electron chi connectivity index (χ3n) is 11.8. The Morgan fingerprint density at radius 1 is 0.708 bits per heavy atom. The highest BCUT2D eigenvalue weighted by Crippen LogP contribution is 2.83. The topological polar surface area (TPSA) is 0 Å². The Balaban J connectivity index is 2.27. The third-order valence-corrected chi connectivity index (χ3v) is 11.8. The summed E-state index contributed by atoms with van der Waals surface area (Å²) in [4.78, 5) is 0. The molecule has 0 aromatic heterocycles. The summed E-state index contributed by atoms with van der Waals surface area (Å²) in [6, 6.07) is 0. The summed E-state index contributed by atoms with van der Waals surface area (Å²) >= 11 is 0. The van der Waals surface area contributed by atoms with E-state index < -0.39 is 0 Å². The van der Waals surface area contributed by atoms with Crippen LogP contribution in [0.1, 0.15) is 83.1 Å². The fourth-order valence-corrected chi connectivity index (χ4v) is 9.10. The molecule has 0 aromatic carbocycles. The molecule has 9 unspecified atom stereocenters. The zero-order chi connectivity index (χ0) is 18.6. The first-order chi connectivity index (χ1) is 10.7. The molecule has 3 rings (SSSR count). The predicted octanol–water partition coefficient (Wildman–Crippen LogP) is 7.14. The molecule has 140 valence electrons. The molecule has 3 aliphatic carbocycles. The van der Waals surface area contributed by atoms with Gasteiger partial charge in [0.05, 0.1) is 0 Å². The van der Waals surface area contributed by atoms with Gasteiger partial charge in [0.2, 0.25) is 0 Å². The second-order valence-corrected chi connectivity index (χ2v) is 12.0. The maximum atomic E-state index is 2.72. The van der Waals surface area contributed by atoms with Crippen LogP contribution < -0.4 is 0 Å². The lowest BCUT2D eigenvalue weighted by Crippen LogP contribution is -2.50. The van der Waals surface area contributed by atoms with E-state index in [0.29, 0.717) is 21.7 Å². The van der Waals surface area contributed by atoms with Gasteiger partial charge in [-0.25, -0.2) is 0 Å². The molecule has 0 radical (unpaired) electrons. The molecule has 0 heteroatoms. The van der Waals surface area contributed by atoms with Crippen molar-refractivity contribution in [3.05, 3.63) is 0 Å². The summed E-state index contributed by atoms with van der Waals surface area (Å²) in [5, 5.41) is 0. The van der Waals surface area contributed by atoms with Gasteiger partial charge in [-0.2, -0.15) is 0 Å². The zero-order valence-corrected chi connectivity index (χ0v) is 18.6. The van der Waals surface area contributed by atoms with Crippen LogP contribution >= 0.6 is 0 Å². The summed E-state index contributed by atoms with van der Waals surface area (Å²) in [6.45, 7) is 31.1. The van der Waals surface area contributed by atoms with Crippen LogP contribution in [0.25, 0.3) is 0 Å². The number of rotatable bonds is 1. The van der Waals surface area contributed by atoms with Gasteiger partial charge in [-0.05, 0) is 69.0 Å². The van der Waals surface area contributed by atoms with E-state index in [-0.39, 0.29) is 0 Å². The predicted molar refractivity (Wildman–Crippen MR) is 106 cm³/mol. The number of hydrogen-bond donors (Lipinski definition) is 0. The van der Waals surface area contributed by atoms with Crippen molar-refractivity contribution in [2.75, 3.05) is 0 Å². The van der Waals surface area contributed by atoms with E-state index >= 15 is 0 Å². The summed E-state index contributed by atoms with van der Waals surface area (Å²) in [5.74, 6) is 6.82. The van der Waals surface area contributed by atoms with Gasteiger partial charge in [0.25, 0.3) is 0 Å².